The third-order valence-corrected chi connectivity index (χ3v) is 3.48. The van der Waals surface area contributed by atoms with E-state index >= 15 is 0 Å². The molecule has 0 aliphatic carbocycles. The van der Waals surface area contributed by atoms with Crippen LogP contribution in [0, 0.1) is 5.92 Å². The largest absolute Gasteiger partial charge is 0.467 e. The summed E-state index contributed by atoms with van der Waals surface area (Å²) in [6.07, 6.45) is 2.42. The highest BCUT2D eigenvalue weighted by Gasteiger charge is 2.03. The zero-order chi connectivity index (χ0) is 18.6. The number of carbonyl (C=O) groups excluding carboxylic acids is 1. The first-order valence-electron chi connectivity index (χ1n) is 8.95. The van der Waals surface area contributed by atoms with Gasteiger partial charge in [-0.15, -0.1) is 0 Å². The summed E-state index contributed by atoms with van der Waals surface area (Å²) in [4.78, 5) is 11.9. The lowest BCUT2D eigenvalue weighted by Crippen LogP contribution is -2.30. The lowest BCUT2D eigenvalue weighted by molar-refractivity contribution is 0.0930. The molecule has 6 nitrogen and oxygen atoms in total. The summed E-state index contributed by atoms with van der Waals surface area (Å²) in [5.41, 5.74) is 1.72. The van der Waals surface area contributed by atoms with Gasteiger partial charge in [0, 0.05) is 25.4 Å². The first-order valence-corrected chi connectivity index (χ1v) is 8.95. The van der Waals surface area contributed by atoms with Crippen molar-refractivity contribution in [2.75, 3.05) is 25.1 Å². The Morgan fingerprint density at radius 3 is 2.81 bits per heavy atom. The van der Waals surface area contributed by atoms with E-state index in [1.54, 1.807) is 6.26 Å². The van der Waals surface area contributed by atoms with Crippen molar-refractivity contribution >= 4 is 11.7 Å². The number of rotatable bonds is 11. The average molecular weight is 360 g/mol. The third kappa shape index (κ3) is 8.18. The molecule has 0 aliphatic rings. The minimum Gasteiger partial charge on any atom is -0.467 e. The summed E-state index contributed by atoms with van der Waals surface area (Å²) in [7, 11) is 0. The molecule has 0 saturated carbocycles. The molecule has 2 N–H and O–H groups in total. The van der Waals surface area contributed by atoms with E-state index in [4.69, 9.17) is 13.9 Å². The van der Waals surface area contributed by atoms with E-state index in [9.17, 15) is 4.79 Å². The molecule has 26 heavy (non-hydrogen) atoms. The highest BCUT2D eigenvalue weighted by atomic mass is 16.5. The predicted octanol–water partition coefficient (Wildman–Crippen LogP) is 4.18. The number of ether oxygens (including phenoxy) is 2. The molecular formula is C20H28N2O4. The molecule has 2 aromatic rings. The number of carbonyl (C=O) groups is 1. The number of benzene rings is 1. The molecule has 0 aliphatic heterocycles. The Morgan fingerprint density at radius 1 is 1.15 bits per heavy atom. The predicted molar refractivity (Wildman–Crippen MR) is 101 cm³/mol. The molecule has 6 heteroatoms. The number of hydrogen-bond acceptors (Lipinski definition) is 4. The van der Waals surface area contributed by atoms with Gasteiger partial charge in [0.2, 0.25) is 0 Å². The second kappa shape index (κ2) is 11.3. The SMILES string of the molecule is CC(C)COCCCNC(=O)Nc1cccc(COCc2ccco2)c1. The molecule has 0 fully saturated rings. The molecule has 142 valence electrons. The van der Waals surface area contributed by atoms with Crippen molar-refractivity contribution in [1.29, 1.82) is 0 Å². The normalized spacial score (nSPS) is 10.9. The quantitative estimate of drug-likeness (QED) is 0.590. The van der Waals surface area contributed by atoms with Gasteiger partial charge in [-0.05, 0) is 42.2 Å². The smallest absolute Gasteiger partial charge is 0.319 e. The zero-order valence-electron chi connectivity index (χ0n) is 15.5. The van der Waals surface area contributed by atoms with Gasteiger partial charge in [-0.3, -0.25) is 0 Å². The van der Waals surface area contributed by atoms with Crippen LogP contribution >= 0.6 is 0 Å². The Hall–Kier alpha value is -2.31. The lowest BCUT2D eigenvalue weighted by atomic mass is 10.2. The van der Waals surface area contributed by atoms with Crippen LogP contribution in [0.4, 0.5) is 10.5 Å². The Morgan fingerprint density at radius 2 is 2.04 bits per heavy atom. The summed E-state index contributed by atoms with van der Waals surface area (Å²) in [6, 6.07) is 11.1. The van der Waals surface area contributed by atoms with Crippen LogP contribution in [-0.2, 0) is 22.7 Å². The second-order valence-electron chi connectivity index (χ2n) is 6.48. The maximum Gasteiger partial charge on any atom is 0.319 e. The van der Waals surface area contributed by atoms with E-state index in [1.165, 1.54) is 0 Å². The van der Waals surface area contributed by atoms with Crippen molar-refractivity contribution in [3.05, 3.63) is 54.0 Å². The minimum absolute atomic E-state index is 0.220. The molecule has 0 atom stereocenters. The van der Waals surface area contributed by atoms with Crippen molar-refractivity contribution < 1.29 is 18.7 Å². The van der Waals surface area contributed by atoms with Crippen LogP contribution in [0.15, 0.2) is 47.1 Å². The van der Waals surface area contributed by atoms with E-state index in [-0.39, 0.29) is 6.03 Å². The molecule has 0 radical (unpaired) electrons. The molecule has 0 bridgehead atoms. The van der Waals surface area contributed by atoms with Crippen LogP contribution < -0.4 is 10.6 Å². The summed E-state index contributed by atoms with van der Waals surface area (Å²) in [5, 5.41) is 5.66. The van der Waals surface area contributed by atoms with Crippen molar-refractivity contribution in [2.24, 2.45) is 5.92 Å². The highest BCUT2D eigenvalue weighted by molar-refractivity contribution is 5.89. The van der Waals surface area contributed by atoms with Crippen molar-refractivity contribution in [3.63, 3.8) is 0 Å². The fraction of sp³-hybridized carbons (Fsp3) is 0.450. The maximum absolute atomic E-state index is 11.9. The van der Waals surface area contributed by atoms with Gasteiger partial charge in [0.05, 0.1) is 12.9 Å². The molecule has 0 unspecified atom stereocenters. The molecular weight excluding hydrogens is 332 g/mol. The number of nitrogens with one attached hydrogen (secondary N) is 2. The van der Waals surface area contributed by atoms with Gasteiger partial charge in [-0.2, -0.15) is 0 Å². The van der Waals surface area contributed by atoms with Gasteiger partial charge in [0.25, 0.3) is 0 Å². The maximum atomic E-state index is 11.9. The summed E-state index contributed by atoms with van der Waals surface area (Å²) < 4.78 is 16.3. The van der Waals surface area contributed by atoms with Gasteiger partial charge in [0.15, 0.2) is 0 Å². The van der Waals surface area contributed by atoms with Crippen molar-refractivity contribution in [3.8, 4) is 0 Å². The van der Waals surface area contributed by atoms with Crippen molar-refractivity contribution in [1.82, 2.24) is 5.32 Å². The molecule has 2 rings (SSSR count). The van der Waals surface area contributed by atoms with Gasteiger partial charge in [0.1, 0.15) is 12.4 Å². The summed E-state index contributed by atoms with van der Waals surface area (Å²) >= 11 is 0. The first kappa shape index (κ1) is 20.0. The fourth-order valence-electron chi connectivity index (χ4n) is 2.27. The number of urea groups is 1. The molecule has 1 aromatic heterocycles. The number of amides is 2. The van der Waals surface area contributed by atoms with Crippen molar-refractivity contribution in [2.45, 2.75) is 33.5 Å². The van der Waals surface area contributed by atoms with Gasteiger partial charge >= 0.3 is 6.03 Å². The van der Waals surface area contributed by atoms with E-state index in [1.807, 2.05) is 36.4 Å². The molecule has 1 aromatic carbocycles. The van der Waals surface area contributed by atoms with Crippen LogP contribution in [0.25, 0.3) is 0 Å². The number of anilines is 1. The summed E-state index contributed by atoms with van der Waals surface area (Å²) in [5.74, 6) is 1.32. The Balaban J connectivity index is 1.64. The lowest BCUT2D eigenvalue weighted by Gasteiger charge is -2.10. The Kier molecular flexibility index (Phi) is 8.72. The van der Waals surface area contributed by atoms with Crippen LogP contribution in [0.5, 0.6) is 0 Å². The topological polar surface area (TPSA) is 72.7 Å². The highest BCUT2D eigenvalue weighted by Crippen LogP contribution is 2.12. The first-order chi connectivity index (χ1) is 12.6. The Labute approximate surface area is 154 Å². The summed E-state index contributed by atoms with van der Waals surface area (Å²) in [6.45, 7) is 7.08. The van der Waals surface area contributed by atoms with Crippen LogP contribution in [0.1, 0.15) is 31.6 Å². The zero-order valence-corrected chi connectivity index (χ0v) is 15.5. The molecule has 0 saturated heterocycles. The number of hydrogen-bond donors (Lipinski definition) is 2. The van der Waals surface area contributed by atoms with Crippen LogP contribution in [-0.4, -0.2) is 25.8 Å². The van der Waals surface area contributed by atoms with Gasteiger partial charge in [-0.25, -0.2) is 4.79 Å². The standard InChI is InChI=1S/C20H28N2O4/c1-16(2)13-24-10-5-9-21-20(23)22-18-7-3-6-17(12-18)14-25-15-19-8-4-11-26-19/h3-4,6-8,11-12,16H,5,9-10,13-15H2,1-2H3,(H2,21,22,23). The van der Waals surface area contributed by atoms with Gasteiger partial charge < -0.3 is 24.5 Å². The number of furan rings is 1. The third-order valence-electron chi connectivity index (χ3n) is 3.48. The van der Waals surface area contributed by atoms with E-state index in [0.717, 1.165) is 30.0 Å². The molecule has 1 heterocycles. The van der Waals surface area contributed by atoms with Crippen LogP contribution in [0.3, 0.4) is 0 Å². The molecule has 2 amide bonds. The molecule has 0 spiro atoms. The fourth-order valence-corrected chi connectivity index (χ4v) is 2.27. The van der Waals surface area contributed by atoms with E-state index < -0.39 is 0 Å². The van der Waals surface area contributed by atoms with E-state index in [0.29, 0.717) is 32.3 Å². The second-order valence-corrected chi connectivity index (χ2v) is 6.48. The average Bonchev–Trinajstić information content (AvgIpc) is 3.11. The minimum atomic E-state index is -0.220. The monoisotopic (exact) mass is 360 g/mol. The van der Waals surface area contributed by atoms with Gasteiger partial charge in [-0.1, -0.05) is 26.0 Å². The van der Waals surface area contributed by atoms with Crippen LogP contribution in [0.2, 0.25) is 0 Å². The van der Waals surface area contributed by atoms with E-state index in [2.05, 4.69) is 24.5 Å². The Bertz CT molecular complexity index is 641.